The number of rotatable bonds is 7. The third kappa shape index (κ3) is 4.23. The van der Waals surface area contributed by atoms with Gasteiger partial charge in [0.05, 0.1) is 10.6 Å². The van der Waals surface area contributed by atoms with Crippen molar-refractivity contribution in [1.29, 1.82) is 0 Å². The lowest BCUT2D eigenvalue weighted by Crippen LogP contribution is -2.39. The van der Waals surface area contributed by atoms with Gasteiger partial charge in [-0.2, -0.15) is 0 Å². The molecule has 3 N–H and O–H groups in total. The van der Waals surface area contributed by atoms with Crippen LogP contribution in [0.2, 0.25) is 0 Å². The zero-order chi connectivity index (χ0) is 15.3. The van der Waals surface area contributed by atoms with Crippen LogP contribution in [0, 0.1) is 5.92 Å². The minimum absolute atomic E-state index is 0.0519. The molecule has 5 nitrogen and oxygen atoms in total. The number of hydrogen-bond donors (Lipinski definition) is 2. The van der Waals surface area contributed by atoms with Crippen molar-refractivity contribution in [2.45, 2.75) is 38.1 Å². The van der Waals surface area contributed by atoms with Crippen LogP contribution < -0.4 is 11.1 Å². The first-order valence-corrected chi connectivity index (χ1v) is 8.32. The molecule has 1 atom stereocenters. The molecule has 20 heavy (non-hydrogen) atoms. The van der Waals surface area contributed by atoms with Crippen LogP contribution in [0.4, 0.5) is 5.69 Å². The molecule has 0 radical (unpaired) electrons. The van der Waals surface area contributed by atoms with Crippen LogP contribution in [-0.4, -0.2) is 26.1 Å². The van der Waals surface area contributed by atoms with Gasteiger partial charge >= 0.3 is 0 Å². The molecule has 0 aliphatic heterocycles. The molecule has 1 aromatic carbocycles. The van der Waals surface area contributed by atoms with Crippen molar-refractivity contribution in [3.63, 3.8) is 0 Å². The summed E-state index contributed by atoms with van der Waals surface area (Å²) in [4.78, 5) is 11.6. The maximum atomic E-state index is 11.9. The van der Waals surface area contributed by atoms with Gasteiger partial charge < -0.3 is 11.1 Å². The van der Waals surface area contributed by atoms with Crippen LogP contribution in [0.25, 0.3) is 0 Å². The van der Waals surface area contributed by atoms with Gasteiger partial charge in [0, 0.05) is 5.69 Å². The highest BCUT2D eigenvalue weighted by Gasteiger charge is 2.19. The topological polar surface area (TPSA) is 89.3 Å². The van der Waals surface area contributed by atoms with E-state index in [1.165, 1.54) is 0 Å². The number of amides is 1. The van der Waals surface area contributed by atoms with Crippen LogP contribution in [-0.2, 0) is 14.6 Å². The molecule has 1 amide bonds. The van der Waals surface area contributed by atoms with Crippen LogP contribution in [0.15, 0.2) is 29.2 Å². The number of primary amides is 1. The molecule has 0 aromatic heterocycles. The highest BCUT2D eigenvalue weighted by atomic mass is 32.2. The fourth-order valence-electron chi connectivity index (χ4n) is 1.89. The van der Waals surface area contributed by atoms with E-state index in [1.807, 2.05) is 20.8 Å². The second kappa shape index (κ2) is 6.74. The zero-order valence-corrected chi connectivity index (χ0v) is 12.9. The molecular formula is C14H22N2O3S. The number of nitrogens with one attached hydrogen (secondary N) is 1. The lowest BCUT2D eigenvalue weighted by molar-refractivity contribution is -0.119. The molecule has 0 aliphatic carbocycles. The number of hydrogen-bond acceptors (Lipinski definition) is 4. The van der Waals surface area contributed by atoms with E-state index in [0.717, 1.165) is 0 Å². The molecule has 0 fully saturated rings. The van der Waals surface area contributed by atoms with E-state index in [0.29, 0.717) is 17.0 Å². The zero-order valence-electron chi connectivity index (χ0n) is 12.1. The maximum absolute atomic E-state index is 11.9. The molecule has 0 heterocycles. The van der Waals surface area contributed by atoms with Gasteiger partial charge in [0.1, 0.15) is 6.04 Å². The van der Waals surface area contributed by atoms with E-state index in [9.17, 15) is 13.2 Å². The quantitative estimate of drug-likeness (QED) is 0.803. The lowest BCUT2D eigenvalue weighted by atomic mass is 10.0. The number of carbonyl (C=O) groups is 1. The molecule has 112 valence electrons. The van der Waals surface area contributed by atoms with E-state index in [-0.39, 0.29) is 11.7 Å². The molecule has 1 aromatic rings. The number of sulfone groups is 1. The average molecular weight is 298 g/mol. The van der Waals surface area contributed by atoms with Gasteiger partial charge in [0.25, 0.3) is 0 Å². The lowest BCUT2D eigenvalue weighted by Gasteiger charge is -2.20. The van der Waals surface area contributed by atoms with Gasteiger partial charge in [-0.05, 0) is 36.6 Å². The van der Waals surface area contributed by atoms with Gasteiger partial charge in [-0.3, -0.25) is 4.79 Å². The molecule has 6 heteroatoms. The molecule has 0 aliphatic rings. The highest BCUT2D eigenvalue weighted by Crippen LogP contribution is 2.18. The number of benzene rings is 1. The summed E-state index contributed by atoms with van der Waals surface area (Å²) >= 11 is 0. The predicted octanol–water partition coefficient (Wildman–Crippen LogP) is 1.79. The summed E-state index contributed by atoms with van der Waals surface area (Å²) in [6.07, 6.45) is 0.583. The van der Waals surface area contributed by atoms with Gasteiger partial charge in [-0.25, -0.2) is 8.42 Å². The van der Waals surface area contributed by atoms with Crippen LogP contribution in [0.3, 0.4) is 0 Å². The normalized spacial score (nSPS) is 13.2. The molecule has 1 unspecified atom stereocenters. The second-order valence-corrected chi connectivity index (χ2v) is 7.22. The maximum Gasteiger partial charge on any atom is 0.240 e. The fourth-order valence-corrected chi connectivity index (χ4v) is 3.21. The van der Waals surface area contributed by atoms with E-state index in [4.69, 9.17) is 5.73 Å². The first kappa shape index (κ1) is 16.5. The van der Waals surface area contributed by atoms with E-state index in [1.54, 1.807) is 24.3 Å². The van der Waals surface area contributed by atoms with Crippen LogP contribution >= 0.6 is 0 Å². The summed E-state index contributed by atoms with van der Waals surface area (Å²) < 4.78 is 23.8. The first-order chi connectivity index (χ1) is 9.27. The number of carbonyl (C=O) groups excluding carboxylic acids is 1. The SMILES string of the molecule is CCCS(=O)(=O)c1ccc(NC(C(N)=O)C(C)C)cc1. The van der Waals surface area contributed by atoms with E-state index < -0.39 is 21.8 Å². The Bertz CT molecular complexity index is 550. The summed E-state index contributed by atoms with van der Waals surface area (Å²) in [6, 6.07) is 5.92. The Kier molecular flexibility index (Phi) is 5.56. The third-order valence-electron chi connectivity index (χ3n) is 2.98. The summed E-state index contributed by atoms with van der Waals surface area (Å²) in [5.41, 5.74) is 6.01. The van der Waals surface area contributed by atoms with Crippen molar-refractivity contribution < 1.29 is 13.2 Å². The van der Waals surface area contributed by atoms with Crippen LogP contribution in [0.1, 0.15) is 27.2 Å². The van der Waals surface area contributed by atoms with Gasteiger partial charge in [-0.15, -0.1) is 0 Å². The average Bonchev–Trinajstić information content (AvgIpc) is 2.35. The van der Waals surface area contributed by atoms with Crippen molar-refractivity contribution in [2.75, 3.05) is 11.1 Å². The summed E-state index contributed by atoms with van der Waals surface area (Å²) in [5.74, 6) is -0.242. The van der Waals surface area contributed by atoms with Gasteiger partial charge in [0.15, 0.2) is 9.84 Å². The van der Waals surface area contributed by atoms with E-state index >= 15 is 0 Å². The van der Waals surface area contributed by atoms with Crippen molar-refractivity contribution in [1.82, 2.24) is 0 Å². The minimum atomic E-state index is -3.21. The number of nitrogens with two attached hydrogens (primary N) is 1. The van der Waals surface area contributed by atoms with Crippen molar-refractivity contribution in [3.8, 4) is 0 Å². The van der Waals surface area contributed by atoms with Crippen molar-refractivity contribution >= 4 is 21.4 Å². The molecule has 0 saturated heterocycles. The Hall–Kier alpha value is -1.56. The Morgan fingerprint density at radius 1 is 1.25 bits per heavy atom. The van der Waals surface area contributed by atoms with Gasteiger partial charge in [0.2, 0.25) is 5.91 Å². The Morgan fingerprint density at radius 3 is 2.20 bits per heavy atom. The fraction of sp³-hybridized carbons (Fsp3) is 0.500. The summed E-state index contributed by atoms with van der Waals surface area (Å²) in [6.45, 7) is 5.61. The Morgan fingerprint density at radius 2 is 1.80 bits per heavy atom. The minimum Gasteiger partial charge on any atom is -0.373 e. The smallest absolute Gasteiger partial charge is 0.240 e. The first-order valence-electron chi connectivity index (χ1n) is 6.66. The predicted molar refractivity (Wildman–Crippen MR) is 80.2 cm³/mol. The Labute approximate surface area is 120 Å². The van der Waals surface area contributed by atoms with Crippen LogP contribution in [0.5, 0.6) is 0 Å². The summed E-state index contributed by atoms with van der Waals surface area (Å²) in [7, 11) is -3.21. The van der Waals surface area contributed by atoms with Gasteiger partial charge in [-0.1, -0.05) is 20.8 Å². The standard InChI is InChI=1S/C14H22N2O3S/c1-4-9-20(18,19)12-7-5-11(6-8-12)16-13(10(2)3)14(15)17/h5-8,10,13,16H,4,9H2,1-3H3,(H2,15,17). The highest BCUT2D eigenvalue weighted by molar-refractivity contribution is 7.91. The van der Waals surface area contributed by atoms with E-state index in [2.05, 4.69) is 5.32 Å². The largest absolute Gasteiger partial charge is 0.373 e. The molecule has 0 saturated carbocycles. The monoisotopic (exact) mass is 298 g/mol. The molecule has 0 spiro atoms. The van der Waals surface area contributed by atoms with Crippen molar-refractivity contribution in [2.24, 2.45) is 11.7 Å². The van der Waals surface area contributed by atoms with Crippen molar-refractivity contribution in [3.05, 3.63) is 24.3 Å². The molecule has 0 bridgehead atoms. The second-order valence-electron chi connectivity index (χ2n) is 5.11. The number of anilines is 1. The Balaban J connectivity index is 2.89. The molecular weight excluding hydrogens is 276 g/mol. The summed E-state index contributed by atoms with van der Waals surface area (Å²) in [5, 5.41) is 3.02. The molecule has 1 rings (SSSR count). The third-order valence-corrected chi connectivity index (χ3v) is 4.92.